The van der Waals surface area contributed by atoms with Gasteiger partial charge in [-0.05, 0) is 70.5 Å². The number of rotatable bonds is 11. The summed E-state index contributed by atoms with van der Waals surface area (Å²) >= 11 is 2.10. The number of nitro groups is 2. The predicted octanol–water partition coefficient (Wildman–Crippen LogP) is 4.78. The first-order valence-corrected chi connectivity index (χ1v) is 11.7. The van der Waals surface area contributed by atoms with Crippen LogP contribution in [0, 0.1) is 23.8 Å². The zero-order chi connectivity index (χ0) is 26.1. The highest BCUT2D eigenvalue weighted by Crippen LogP contribution is 2.34. The Kier molecular flexibility index (Phi) is 9.27. The molecule has 0 unspecified atom stereocenters. The Balaban J connectivity index is 1.63. The van der Waals surface area contributed by atoms with Gasteiger partial charge in [0.1, 0.15) is 6.61 Å². The molecule has 0 aliphatic heterocycles. The first-order chi connectivity index (χ1) is 17.3. The number of nitrogens with zero attached hydrogens (tertiary/aromatic N) is 3. The Morgan fingerprint density at radius 1 is 0.972 bits per heavy atom. The van der Waals surface area contributed by atoms with Gasteiger partial charge in [-0.3, -0.25) is 25.0 Å². The molecule has 0 aliphatic rings. The van der Waals surface area contributed by atoms with E-state index in [-0.39, 0.29) is 30.3 Å². The lowest BCUT2D eigenvalue weighted by molar-refractivity contribution is -0.385. The first-order valence-electron chi connectivity index (χ1n) is 10.6. The second kappa shape index (κ2) is 12.6. The highest BCUT2D eigenvalue weighted by molar-refractivity contribution is 14.1. The number of carbonyl (C=O) groups excluding carboxylic acids is 1. The van der Waals surface area contributed by atoms with Crippen molar-refractivity contribution in [1.82, 2.24) is 5.43 Å². The van der Waals surface area contributed by atoms with Gasteiger partial charge in [0.05, 0.1) is 32.7 Å². The number of benzene rings is 3. The second-order valence-electron chi connectivity index (χ2n) is 7.37. The number of carbonyl (C=O) groups is 1. The Bertz CT molecular complexity index is 1280. The van der Waals surface area contributed by atoms with Crippen LogP contribution in [-0.4, -0.2) is 28.6 Å². The monoisotopic (exact) mass is 604 g/mol. The molecule has 0 bridgehead atoms. The molecule has 0 spiro atoms. The molecular weight excluding hydrogens is 583 g/mol. The van der Waals surface area contributed by atoms with Gasteiger partial charge >= 0.3 is 0 Å². The molecular formula is C24H21IN4O7. The summed E-state index contributed by atoms with van der Waals surface area (Å²) in [6.45, 7) is 2.43. The molecule has 12 heteroatoms. The third kappa shape index (κ3) is 7.46. The molecule has 3 rings (SSSR count). The minimum atomic E-state index is -0.502. The molecule has 0 heterocycles. The zero-order valence-corrected chi connectivity index (χ0v) is 21.2. The molecule has 11 nitrogen and oxygen atoms in total. The zero-order valence-electron chi connectivity index (χ0n) is 19.0. The van der Waals surface area contributed by atoms with Crippen LogP contribution in [0.5, 0.6) is 11.5 Å². The van der Waals surface area contributed by atoms with E-state index in [1.807, 2.05) is 6.92 Å². The lowest BCUT2D eigenvalue weighted by atomic mass is 10.1. The largest absolute Gasteiger partial charge is 0.490 e. The topological polar surface area (TPSA) is 146 Å². The number of non-ortho nitro benzene ring substituents is 2. The van der Waals surface area contributed by atoms with Crippen molar-refractivity contribution < 1.29 is 24.1 Å². The van der Waals surface area contributed by atoms with E-state index in [2.05, 4.69) is 33.1 Å². The summed E-state index contributed by atoms with van der Waals surface area (Å²) in [6, 6.07) is 15.4. The minimum absolute atomic E-state index is 0.00631. The molecule has 0 radical (unpaired) electrons. The van der Waals surface area contributed by atoms with Gasteiger partial charge in [0, 0.05) is 24.3 Å². The average molecular weight is 604 g/mol. The molecule has 3 aromatic rings. The van der Waals surface area contributed by atoms with Crippen molar-refractivity contribution >= 4 is 46.1 Å². The molecule has 1 amide bonds. The number of nitro benzene ring substituents is 2. The van der Waals surface area contributed by atoms with Crippen LogP contribution in [-0.2, 0) is 17.8 Å². The van der Waals surface area contributed by atoms with E-state index in [0.29, 0.717) is 29.2 Å². The van der Waals surface area contributed by atoms with Gasteiger partial charge in [0.25, 0.3) is 11.4 Å². The number of amides is 1. The maximum Gasteiger partial charge on any atom is 0.269 e. The summed E-state index contributed by atoms with van der Waals surface area (Å²) in [6.07, 6.45) is 1.49. The van der Waals surface area contributed by atoms with Crippen LogP contribution < -0.4 is 14.9 Å². The molecule has 0 aromatic heterocycles. The van der Waals surface area contributed by atoms with Gasteiger partial charge in [-0.15, -0.1) is 0 Å². The van der Waals surface area contributed by atoms with Crippen molar-refractivity contribution in [1.29, 1.82) is 0 Å². The van der Waals surface area contributed by atoms with Crippen LogP contribution >= 0.6 is 22.6 Å². The fraction of sp³-hybridized carbons (Fsp3) is 0.167. The molecule has 1 N–H and O–H groups in total. The van der Waals surface area contributed by atoms with Crippen molar-refractivity contribution in [3.8, 4) is 11.5 Å². The minimum Gasteiger partial charge on any atom is -0.490 e. The molecule has 0 atom stereocenters. The van der Waals surface area contributed by atoms with Gasteiger partial charge in [-0.1, -0.05) is 12.1 Å². The van der Waals surface area contributed by atoms with E-state index >= 15 is 0 Å². The quantitative estimate of drug-likeness (QED) is 0.144. The van der Waals surface area contributed by atoms with Crippen LogP contribution in [0.4, 0.5) is 11.4 Å². The predicted molar refractivity (Wildman–Crippen MR) is 140 cm³/mol. The Morgan fingerprint density at radius 3 is 2.11 bits per heavy atom. The van der Waals surface area contributed by atoms with Crippen LogP contribution in [0.3, 0.4) is 0 Å². The summed E-state index contributed by atoms with van der Waals surface area (Å²) in [5.74, 6) is 0.642. The van der Waals surface area contributed by atoms with Gasteiger partial charge in [0.2, 0.25) is 5.91 Å². The third-order valence-electron chi connectivity index (χ3n) is 4.78. The summed E-state index contributed by atoms with van der Waals surface area (Å²) in [4.78, 5) is 32.7. The number of hydrogen-bond acceptors (Lipinski definition) is 8. The average Bonchev–Trinajstić information content (AvgIpc) is 2.84. The molecule has 0 saturated carbocycles. The van der Waals surface area contributed by atoms with Crippen LogP contribution in [0.2, 0.25) is 0 Å². The summed E-state index contributed by atoms with van der Waals surface area (Å²) in [5.41, 5.74) is 4.45. The number of halogens is 1. The SMILES string of the molecule is CCOc1cc(/C=N\NC(=O)Cc2ccc([N+](=O)[O-])cc2)cc(I)c1OCc1ccc([N+](=O)[O-])cc1. The van der Waals surface area contributed by atoms with Gasteiger partial charge in [-0.2, -0.15) is 5.10 Å². The number of nitrogens with one attached hydrogen (secondary N) is 1. The van der Waals surface area contributed by atoms with Crippen molar-refractivity contribution in [3.63, 3.8) is 0 Å². The van der Waals surface area contributed by atoms with Crippen molar-refractivity contribution in [2.45, 2.75) is 20.0 Å². The fourth-order valence-corrected chi connectivity index (χ4v) is 3.86. The number of hydrazone groups is 1. The maximum absolute atomic E-state index is 12.1. The molecule has 0 fully saturated rings. The second-order valence-corrected chi connectivity index (χ2v) is 8.53. The van der Waals surface area contributed by atoms with Crippen molar-refractivity contribution in [2.24, 2.45) is 5.10 Å². The highest BCUT2D eigenvalue weighted by atomic mass is 127. The molecule has 0 aliphatic carbocycles. The molecule has 3 aromatic carbocycles. The lowest BCUT2D eigenvalue weighted by Gasteiger charge is -2.14. The smallest absolute Gasteiger partial charge is 0.269 e. The van der Waals surface area contributed by atoms with E-state index in [4.69, 9.17) is 9.47 Å². The van der Waals surface area contributed by atoms with E-state index in [9.17, 15) is 25.0 Å². The van der Waals surface area contributed by atoms with Gasteiger partial charge in [-0.25, -0.2) is 5.43 Å². The molecule has 0 saturated heterocycles. The van der Waals surface area contributed by atoms with E-state index < -0.39 is 9.85 Å². The van der Waals surface area contributed by atoms with Gasteiger partial charge in [0.15, 0.2) is 11.5 Å². The Labute approximate surface area is 219 Å². The van der Waals surface area contributed by atoms with Crippen LogP contribution in [0.25, 0.3) is 0 Å². The summed E-state index contributed by atoms with van der Waals surface area (Å²) in [5, 5.41) is 25.5. The maximum atomic E-state index is 12.1. The van der Waals surface area contributed by atoms with Crippen LogP contribution in [0.1, 0.15) is 23.6 Å². The highest BCUT2D eigenvalue weighted by Gasteiger charge is 2.13. The summed E-state index contributed by atoms with van der Waals surface area (Å²) in [7, 11) is 0. The molecule has 36 heavy (non-hydrogen) atoms. The van der Waals surface area contributed by atoms with E-state index in [1.54, 1.807) is 24.3 Å². The van der Waals surface area contributed by atoms with Crippen LogP contribution in [0.15, 0.2) is 65.8 Å². The first kappa shape index (κ1) is 26.5. The van der Waals surface area contributed by atoms with Crippen molar-refractivity contribution in [2.75, 3.05) is 6.61 Å². The van der Waals surface area contributed by atoms with E-state index in [0.717, 1.165) is 9.13 Å². The Morgan fingerprint density at radius 2 is 1.56 bits per heavy atom. The number of hydrogen-bond donors (Lipinski definition) is 1. The normalized spacial score (nSPS) is 10.7. The van der Waals surface area contributed by atoms with Gasteiger partial charge < -0.3 is 9.47 Å². The van der Waals surface area contributed by atoms with Crippen molar-refractivity contribution in [3.05, 3.63) is 101 Å². The molecule has 186 valence electrons. The fourth-order valence-electron chi connectivity index (χ4n) is 3.07. The Hall–Kier alpha value is -4.07. The lowest BCUT2D eigenvalue weighted by Crippen LogP contribution is -2.19. The third-order valence-corrected chi connectivity index (χ3v) is 5.58. The summed E-state index contributed by atoms with van der Waals surface area (Å²) < 4.78 is 12.4. The van der Waals surface area contributed by atoms with E-state index in [1.165, 1.54) is 42.6 Å². The number of ether oxygens (including phenoxy) is 2. The standard InChI is InChI=1S/C24H21IN4O7/c1-2-35-22-12-18(14-26-27-23(30)13-16-3-7-19(8-4-16)28(31)32)11-21(25)24(22)36-15-17-5-9-20(10-6-17)29(33)34/h3-12,14H,2,13,15H2,1H3,(H,27,30)/b26-14-.